The van der Waals surface area contributed by atoms with Gasteiger partial charge in [-0.2, -0.15) is 5.10 Å². The maximum absolute atomic E-state index is 5.74. The van der Waals surface area contributed by atoms with Crippen molar-refractivity contribution in [2.75, 3.05) is 25.1 Å². The van der Waals surface area contributed by atoms with Gasteiger partial charge in [-0.05, 0) is 51.0 Å². The van der Waals surface area contributed by atoms with Crippen molar-refractivity contribution < 1.29 is 4.74 Å². The Kier molecular flexibility index (Phi) is 3.63. The van der Waals surface area contributed by atoms with Crippen molar-refractivity contribution in [3.63, 3.8) is 0 Å². The molecular formula is C16H26N4O. The second kappa shape index (κ2) is 5.61. The number of nitrogens with two attached hydrogens (primary N) is 1. The fraction of sp³-hybridized carbons (Fsp3) is 0.812. The molecule has 4 rings (SSSR count). The lowest BCUT2D eigenvalue weighted by atomic mass is 9.80. The molecule has 1 saturated heterocycles. The third kappa shape index (κ3) is 2.81. The molecule has 1 aromatic rings. The Hall–Kier alpha value is -1.07. The summed E-state index contributed by atoms with van der Waals surface area (Å²) in [5, 5.41) is 8.64. The van der Waals surface area contributed by atoms with Gasteiger partial charge in [-0.15, -0.1) is 0 Å². The summed E-state index contributed by atoms with van der Waals surface area (Å²) in [5.74, 6) is 1.40. The summed E-state index contributed by atoms with van der Waals surface area (Å²) in [6.07, 6.45) is 9.45. The number of nitrogens with zero attached hydrogens (tertiary/aromatic N) is 2. The number of nitrogens with one attached hydrogen (secondary N) is 1. The Labute approximate surface area is 126 Å². The molecule has 2 saturated carbocycles. The fourth-order valence-electron chi connectivity index (χ4n) is 3.53. The molecule has 0 atom stereocenters. The average Bonchev–Trinajstić information content (AvgIpc) is 3.22. The molecule has 1 aromatic heterocycles. The summed E-state index contributed by atoms with van der Waals surface area (Å²) < 4.78 is 7.66. The Morgan fingerprint density at radius 2 is 2.00 bits per heavy atom. The highest BCUT2D eigenvalue weighted by atomic mass is 16.5. The molecule has 0 bridgehead atoms. The first kappa shape index (κ1) is 13.6. The second-order valence-corrected chi connectivity index (χ2v) is 6.94. The quantitative estimate of drug-likeness (QED) is 0.873. The predicted molar refractivity (Wildman–Crippen MR) is 82.5 cm³/mol. The Morgan fingerprint density at radius 3 is 2.67 bits per heavy atom. The normalized spacial score (nSPS) is 30.1. The maximum Gasteiger partial charge on any atom is 0.0886 e. The van der Waals surface area contributed by atoms with E-state index in [1.165, 1.54) is 37.1 Å². The van der Waals surface area contributed by atoms with Gasteiger partial charge < -0.3 is 15.8 Å². The zero-order chi connectivity index (χ0) is 14.2. The lowest BCUT2D eigenvalue weighted by molar-refractivity contribution is 0.0904. The van der Waals surface area contributed by atoms with Gasteiger partial charge in [-0.1, -0.05) is 0 Å². The van der Waals surface area contributed by atoms with E-state index in [0.717, 1.165) is 32.6 Å². The van der Waals surface area contributed by atoms with Crippen LogP contribution in [0.1, 0.15) is 56.2 Å². The van der Waals surface area contributed by atoms with E-state index >= 15 is 0 Å². The van der Waals surface area contributed by atoms with Gasteiger partial charge in [0.25, 0.3) is 0 Å². The summed E-state index contributed by atoms with van der Waals surface area (Å²) in [6, 6.07) is 1.12. The minimum atomic E-state index is 0.548. The van der Waals surface area contributed by atoms with Crippen LogP contribution in [0.2, 0.25) is 0 Å². The van der Waals surface area contributed by atoms with E-state index in [0.29, 0.717) is 23.9 Å². The zero-order valence-electron chi connectivity index (χ0n) is 12.6. The molecule has 0 unspecified atom stereocenters. The molecule has 0 aromatic carbocycles. The van der Waals surface area contributed by atoms with Gasteiger partial charge in [0.1, 0.15) is 0 Å². The minimum Gasteiger partial charge on any atom is -0.381 e. The Morgan fingerprint density at radius 1 is 1.24 bits per heavy atom. The SMILES string of the molecule is NC[C@H]1C[C@H](n2cc(NC3CCOCC3)c(C3CC3)n2)C1. The molecule has 2 aliphatic carbocycles. The predicted octanol–water partition coefficient (Wildman–Crippen LogP) is 2.26. The zero-order valence-corrected chi connectivity index (χ0v) is 12.6. The van der Waals surface area contributed by atoms with E-state index in [2.05, 4.69) is 16.2 Å². The molecule has 5 heteroatoms. The molecular weight excluding hydrogens is 264 g/mol. The van der Waals surface area contributed by atoms with Crippen LogP contribution in [0.4, 0.5) is 5.69 Å². The minimum absolute atomic E-state index is 0.548. The van der Waals surface area contributed by atoms with E-state index in [-0.39, 0.29) is 0 Å². The first-order valence-electron chi connectivity index (χ1n) is 8.47. The van der Waals surface area contributed by atoms with Crippen LogP contribution in [0.5, 0.6) is 0 Å². The van der Waals surface area contributed by atoms with Gasteiger partial charge in [0.2, 0.25) is 0 Å². The van der Waals surface area contributed by atoms with Crippen molar-refractivity contribution in [1.29, 1.82) is 0 Å². The van der Waals surface area contributed by atoms with Gasteiger partial charge >= 0.3 is 0 Å². The molecule has 21 heavy (non-hydrogen) atoms. The van der Waals surface area contributed by atoms with Crippen LogP contribution in [0.25, 0.3) is 0 Å². The average molecular weight is 290 g/mol. The van der Waals surface area contributed by atoms with Crippen LogP contribution in [-0.4, -0.2) is 35.6 Å². The van der Waals surface area contributed by atoms with E-state index in [1.807, 2.05) is 0 Å². The summed E-state index contributed by atoms with van der Waals surface area (Å²) in [7, 11) is 0. The standard InChI is InChI=1S/C16H26N4O/c17-9-11-7-14(8-11)20-10-15(16(19-20)12-1-2-12)18-13-3-5-21-6-4-13/h10-14,18H,1-9,17H2/t11-,14-. The van der Waals surface area contributed by atoms with Crippen LogP contribution in [0, 0.1) is 5.92 Å². The number of rotatable bonds is 5. The van der Waals surface area contributed by atoms with E-state index in [9.17, 15) is 0 Å². The van der Waals surface area contributed by atoms with Gasteiger partial charge in [-0.25, -0.2) is 0 Å². The monoisotopic (exact) mass is 290 g/mol. The van der Waals surface area contributed by atoms with Crippen LogP contribution in [0.3, 0.4) is 0 Å². The molecule has 3 aliphatic rings. The second-order valence-electron chi connectivity index (χ2n) is 6.94. The van der Waals surface area contributed by atoms with Gasteiger partial charge in [-0.3, -0.25) is 4.68 Å². The van der Waals surface area contributed by atoms with Gasteiger partial charge in [0, 0.05) is 31.4 Å². The highest BCUT2D eigenvalue weighted by Gasteiger charge is 2.34. The summed E-state index contributed by atoms with van der Waals surface area (Å²) >= 11 is 0. The number of anilines is 1. The van der Waals surface area contributed by atoms with Gasteiger partial charge in [0.05, 0.1) is 17.4 Å². The van der Waals surface area contributed by atoms with Crippen molar-refractivity contribution in [3.05, 3.63) is 11.9 Å². The topological polar surface area (TPSA) is 65.1 Å². The molecule has 3 N–H and O–H groups in total. The van der Waals surface area contributed by atoms with Crippen molar-refractivity contribution in [1.82, 2.24) is 9.78 Å². The van der Waals surface area contributed by atoms with E-state index in [1.54, 1.807) is 0 Å². The first-order valence-corrected chi connectivity index (χ1v) is 8.47. The first-order chi connectivity index (χ1) is 10.3. The smallest absolute Gasteiger partial charge is 0.0886 e. The van der Waals surface area contributed by atoms with Crippen molar-refractivity contribution in [3.8, 4) is 0 Å². The molecule has 3 fully saturated rings. The van der Waals surface area contributed by atoms with Crippen molar-refractivity contribution in [2.24, 2.45) is 11.7 Å². The highest BCUT2D eigenvalue weighted by molar-refractivity contribution is 5.50. The van der Waals surface area contributed by atoms with Crippen LogP contribution in [0.15, 0.2) is 6.20 Å². The highest BCUT2D eigenvalue weighted by Crippen LogP contribution is 2.45. The largest absolute Gasteiger partial charge is 0.381 e. The summed E-state index contributed by atoms with van der Waals surface area (Å²) in [5.41, 5.74) is 8.32. The lowest BCUT2D eigenvalue weighted by Crippen LogP contribution is -2.32. The van der Waals surface area contributed by atoms with Crippen LogP contribution < -0.4 is 11.1 Å². The van der Waals surface area contributed by atoms with Crippen LogP contribution >= 0.6 is 0 Å². The molecule has 0 spiro atoms. The van der Waals surface area contributed by atoms with Crippen LogP contribution in [-0.2, 0) is 4.74 Å². The maximum atomic E-state index is 5.74. The number of ether oxygens (including phenoxy) is 1. The molecule has 116 valence electrons. The number of hydrogen-bond donors (Lipinski definition) is 2. The third-order valence-electron chi connectivity index (χ3n) is 5.22. The van der Waals surface area contributed by atoms with E-state index < -0.39 is 0 Å². The van der Waals surface area contributed by atoms with E-state index in [4.69, 9.17) is 15.6 Å². The fourth-order valence-corrected chi connectivity index (χ4v) is 3.53. The van der Waals surface area contributed by atoms with Crippen molar-refractivity contribution in [2.45, 2.75) is 56.5 Å². The summed E-state index contributed by atoms with van der Waals surface area (Å²) in [6.45, 7) is 2.58. The van der Waals surface area contributed by atoms with Gasteiger partial charge in [0.15, 0.2) is 0 Å². The molecule has 0 radical (unpaired) electrons. The molecule has 2 heterocycles. The Bertz CT molecular complexity index is 484. The number of aromatic nitrogens is 2. The number of hydrogen-bond acceptors (Lipinski definition) is 4. The molecule has 1 aliphatic heterocycles. The summed E-state index contributed by atoms with van der Waals surface area (Å²) in [4.78, 5) is 0. The third-order valence-corrected chi connectivity index (χ3v) is 5.22. The lowest BCUT2D eigenvalue weighted by Gasteiger charge is -2.34. The molecule has 0 amide bonds. The molecule has 5 nitrogen and oxygen atoms in total. The van der Waals surface area contributed by atoms with Crippen molar-refractivity contribution >= 4 is 5.69 Å². The Balaban J connectivity index is 1.47.